The van der Waals surface area contributed by atoms with E-state index >= 15 is 0 Å². The van der Waals surface area contributed by atoms with E-state index in [2.05, 4.69) is 173 Å². The highest BCUT2D eigenvalue weighted by atomic mass is 15.1. The molecule has 10 rings (SSSR count). The summed E-state index contributed by atoms with van der Waals surface area (Å²) in [5.41, 5.74) is 10.3. The Labute approximate surface area is 265 Å². The molecule has 10 aromatic rings. The first kappa shape index (κ1) is 25.2. The van der Waals surface area contributed by atoms with Gasteiger partial charge in [-0.2, -0.15) is 0 Å². The van der Waals surface area contributed by atoms with Crippen LogP contribution in [0.25, 0.3) is 88.1 Å². The maximum Gasteiger partial charge on any atom is 0.138 e. The van der Waals surface area contributed by atoms with Crippen LogP contribution in [-0.2, 0) is 0 Å². The first-order valence-electron chi connectivity index (χ1n) is 15.7. The Balaban J connectivity index is 1.37. The molecule has 0 saturated heterocycles. The summed E-state index contributed by atoms with van der Waals surface area (Å²) >= 11 is 0. The third-order valence-corrected chi connectivity index (χ3v) is 9.46. The molecule has 3 heteroatoms. The molecule has 4 heterocycles. The van der Waals surface area contributed by atoms with Crippen LogP contribution in [0, 0.1) is 0 Å². The second-order valence-corrected chi connectivity index (χ2v) is 12.0. The number of aromatic nitrogens is 3. The molecule has 0 unspecified atom stereocenters. The Morgan fingerprint density at radius 3 is 1.76 bits per heavy atom. The molecule has 4 aromatic heterocycles. The molecule has 0 aliphatic heterocycles. The monoisotopic (exact) mass is 585 g/mol. The number of pyridine rings is 2. The summed E-state index contributed by atoms with van der Waals surface area (Å²) < 4.78 is 4.78. The normalized spacial score (nSPS) is 11.9. The number of nitrogens with zero attached hydrogens (tertiary/aromatic N) is 3. The zero-order valence-corrected chi connectivity index (χ0v) is 24.9. The topological polar surface area (TPSA) is 22.2 Å². The van der Waals surface area contributed by atoms with Gasteiger partial charge >= 0.3 is 0 Å². The van der Waals surface area contributed by atoms with Crippen molar-refractivity contribution in [1.82, 2.24) is 14.0 Å². The van der Waals surface area contributed by atoms with Crippen molar-refractivity contribution < 1.29 is 0 Å². The number of hydrogen-bond donors (Lipinski definition) is 0. The molecule has 46 heavy (non-hydrogen) atoms. The summed E-state index contributed by atoms with van der Waals surface area (Å²) in [6.07, 6.45) is 0. The van der Waals surface area contributed by atoms with Crippen LogP contribution in [0.3, 0.4) is 0 Å². The summed E-state index contributed by atoms with van der Waals surface area (Å²) in [4.78, 5) is 5.35. The third kappa shape index (κ3) is 3.57. The summed E-state index contributed by atoms with van der Waals surface area (Å²) in [6.45, 7) is 0. The predicted molar refractivity (Wildman–Crippen MR) is 193 cm³/mol. The second kappa shape index (κ2) is 9.65. The van der Waals surface area contributed by atoms with Gasteiger partial charge in [0.15, 0.2) is 0 Å². The molecule has 0 saturated carbocycles. The van der Waals surface area contributed by atoms with Gasteiger partial charge in [0.2, 0.25) is 0 Å². The molecule has 0 bridgehead atoms. The number of benzene rings is 6. The summed E-state index contributed by atoms with van der Waals surface area (Å²) in [5.74, 6) is 0.907. The SMILES string of the molecule is c1ccc(-c2cc(-c3ccccc3)nc(-n3c4ccccc4c4c5c6ccccc6n6c7ccccc7cc6c5ccc43)c2)cc1. The van der Waals surface area contributed by atoms with Gasteiger partial charge in [0.05, 0.1) is 33.3 Å². The first-order chi connectivity index (χ1) is 22.8. The van der Waals surface area contributed by atoms with Gasteiger partial charge in [-0.3, -0.25) is 4.57 Å². The van der Waals surface area contributed by atoms with E-state index in [0.29, 0.717) is 0 Å². The molecule has 0 N–H and O–H groups in total. The Morgan fingerprint density at radius 2 is 0.978 bits per heavy atom. The van der Waals surface area contributed by atoms with Crippen LogP contribution >= 0.6 is 0 Å². The van der Waals surface area contributed by atoms with Crippen LogP contribution in [0.2, 0.25) is 0 Å². The van der Waals surface area contributed by atoms with Gasteiger partial charge in [0.1, 0.15) is 5.82 Å². The lowest BCUT2D eigenvalue weighted by Gasteiger charge is -2.14. The van der Waals surface area contributed by atoms with Crippen molar-refractivity contribution in [3.63, 3.8) is 0 Å². The lowest BCUT2D eigenvalue weighted by Crippen LogP contribution is -2.00. The predicted octanol–water partition coefficient (Wildman–Crippen LogP) is 11.2. The first-order valence-corrected chi connectivity index (χ1v) is 15.7. The van der Waals surface area contributed by atoms with Crippen molar-refractivity contribution in [3.05, 3.63) is 164 Å². The fourth-order valence-corrected chi connectivity index (χ4v) is 7.48. The largest absolute Gasteiger partial charge is 0.309 e. The molecule has 0 spiro atoms. The minimum Gasteiger partial charge on any atom is -0.309 e. The Bertz CT molecular complexity index is 2730. The minimum atomic E-state index is 0.907. The highest BCUT2D eigenvalue weighted by molar-refractivity contribution is 6.31. The van der Waals surface area contributed by atoms with E-state index in [4.69, 9.17) is 4.98 Å². The lowest BCUT2D eigenvalue weighted by molar-refractivity contribution is 1.08. The van der Waals surface area contributed by atoms with Crippen LogP contribution in [0.1, 0.15) is 0 Å². The van der Waals surface area contributed by atoms with E-state index < -0.39 is 0 Å². The summed E-state index contributed by atoms with van der Waals surface area (Å²) in [6, 6.07) is 58.8. The fraction of sp³-hybridized carbons (Fsp3) is 0. The van der Waals surface area contributed by atoms with E-state index in [1.807, 2.05) is 0 Å². The van der Waals surface area contributed by atoms with Gasteiger partial charge in [-0.15, -0.1) is 0 Å². The maximum absolute atomic E-state index is 5.35. The summed E-state index contributed by atoms with van der Waals surface area (Å²) in [7, 11) is 0. The molecule has 0 fully saturated rings. The molecule has 3 nitrogen and oxygen atoms in total. The Morgan fingerprint density at radius 1 is 0.370 bits per heavy atom. The van der Waals surface area contributed by atoms with Crippen LogP contribution in [0.5, 0.6) is 0 Å². The highest BCUT2D eigenvalue weighted by Crippen LogP contribution is 2.43. The van der Waals surface area contributed by atoms with E-state index in [1.165, 1.54) is 54.4 Å². The molecule has 0 aliphatic carbocycles. The average molecular weight is 586 g/mol. The molecule has 0 aliphatic rings. The molecular formula is C43H27N3. The van der Waals surface area contributed by atoms with E-state index in [9.17, 15) is 0 Å². The zero-order valence-electron chi connectivity index (χ0n) is 24.9. The molecule has 214 valence electrons. The van der Waals surface area contributed by atoms with Gasteiger partial charge in [-0.05, 0) is 53.6 Å². The number of para-hydroxylation sites is 3. The van der Waals surface area contributed by atoms with Gasteiger partial charge in [-0.1, -0.05) is 121 Å². The smallest absolute Gasteiger partial charge is 0.138 e. The number of hydrogen-bond acceptors (Lipinski definition) is 1. The minimum absolute atomic E-state index is 0.907. The quantitative estimate of drug-likeness (QED) is 0.189. The van der Waals surface area contributed by atoms with Gasteiger partial charge in [0, 0.05) is 37.9 Å². The van der Waals surface area contributed by atoms with E-state index in [1.54, 1.807) is 0 Å². The highest BCUT2D eigenvalue weighted by Gasteiger charge is 2.20. The molecule has 0 radical (unpaired) electrons. The van der Waals surface area contributed by atoms with Gasteiger partial charge in [-0.25, -0.2) is 4.98 Å². The van der Waals surface area contributed by atoms with Crippen molar-refractivity contribution in [2.45, 2.75) is 0 Å². The Kier molecular flexibility index (Phi) is 5.28. The van der Waals surface area contributed by atoms with E-state index in [0.717, 1.165) is 33.7 Å². The van der Waals surface area contributed by atoms with Crippen molar-refractivity contribution in [1.29, 1.82) is 0 Å². The van der Waals surface area contributed by atoms with Crippen LogP contribution in [0.4, 0.5) is 0 Å². The fourth-order valence-electron chi connectivity index (χ4n) is 7.48. The van der Waals surface area contributed by atoms with E-state index in [-0.39, 0.29) is 0 Å². The standard InChI is InChI=1S/C43H27N3/c1-3-13-28(14-4-1)31-25-35(29-15-5-2-6-16-29)44-41(27-31)46-38-22-12-9-19-33(38)43-39(46)24-23-34-40-26-30-17-7-10-20-36(30)45(40)37-21-11-8-18-32(37)42(34)43/h1-27H. The molecule has 6 aromatic carbocycles. The lowest BCUT2D eigenvalue weighted by atomic mass is 9.99. The molecule has 0 amide bonds. The molecular weight excluding hydrogens is 558 g/mol. The van der Waals surface area contributed by atoms with Crippen molar-refractivity contribution >= 4 is 59.9 Å². The number of rotatable bonds is 3. The maximum atomic E-state index is 5.35. The zero-order chi connectivity index (χ0) is 30.2. The molecule has 0 atom stereocenters. The van der Waals surface area contributed by atoms with Crippen molar-refractivity contribution in [3.8, 4) is 28.2 Å². The number of fused-ring (bicyclic) bond motifs is 12. The second-order valence-electron chi connectivity index (χ2n) is 12.0. The summed E-state index contributed by atoms with van der Waals surface area (Å²) in [5, 5.41) is 7.50. The van der Waals surface area contributed by atoms with Crippen LogP contribution in [0.15, 0.2) is 164 Å². The third-order valence-electron chi connectivity index (χ3n) is 9.46. The van der Waals surface area contributed by atoms with Crippen LogP contribution in [-0.4, -0.2) is 14.0 Å². The average Bonchev–Trinajstić information content (AvgIpc) is 3.69. The van der Waals surface area contributed by atoms with Crippen molar-refractivity contribution in [2.75, 3.05) is 0 Å². The van der Waals surface area contributed by atoms with Gasteiger partial charge < -0.3 is 4.40 Å². The van der Waals surface area contributed by atoms with Crippen LogP contribution < -0.4 is 0 Å². The van der Waals surface area contributed by atoms with Gasteiger partial charge in [0.25, 0.3) is 0 Å². The Hall–Kier alpha value is -6.19. The van der Waals surface area contributed by atoms with Crippen molar-refractivity contribution in [2.24, 2.45) is 0 Å².